The summed E-state index contributed by atoms with van der Waals surface area (Å²) in [6, 6.07) is 19.5. The molecule has 0 spiro atoms. The van der Waals surface area contributed by atoms with Gasteiger partial charge in [-0.1, -0.05) is 30.3 Å². The standard InChI is InChI=1S/C21H22N4O2/c1-27-20-10-6-5-9-18(20)23-13-15-24(16-14-23)21(26)19-11-12-22-25(19)17-7-3-2-4-8-17/h2-12H,13-16H2,1H3. The number of hydrogen-bond donors (Lipinski definition) is 0. The van der Waals surface area contributed by atoms with Gasteiger partial charge in [0.05, 0.1) is 24.7 Å². The van der Waals surface area contributed by atoms with E-state index in [0.29, 0.717) is 18.8 Å². The Kier molecular flexibility index (Phi) is 4.78. The van der Waals surface area contributed by atoms with Gasteiger partial charge in [-0.3, -0.25) is 4.79 Å². The summed E-state index contributed by atoms with van der Waals surface area (Å²) in [7, 11) is 1.68. The first-order valence-corrected chi connectivity index (χ1v) is 9.04. The van der Waals surface area contributed by atoms with Crippen LogP contribution in [0, 0.1) is 0 Å². The van der Waals surface area contributed by atoms with Crippen LogP contribution < -0.4 is 9.64 Å². The van der Waals surface area contributed by atoms with E-state index < -0.39 is 0 Å². The highest BCUT2D eigenvalue weighted by atomic mass is 16.5. The van der Waals surface area contributed by atoms with Gasteiger partial charge in [0.15, 0.2) is 0 Å². The number of aromatic nitrogens is 2. The molecule has 27 heavy (non-hydrogen) atoms. The van der Waals surface area contributed by atoms with Gasteiger partial charge < -0.3 is 14.5 Å². The summed E-state index contributed by atoms with van der Waals surface area (Å²) >= 11 is 0. The highest BCUT2D eigenvalue weighted by Crippen LogP contribution is 2.28. The van der Waals surface area contributed by atoms with Crippen molar-refractivity contribution in [3.8, 4) is 11.4 Å². The Morgan fingerprint density at radius 2 is 1.63 bits per heavy atom. The quantitative estimate of drug-likeness (QED) is 0.716. The molecule has 138 valence electrons. The fourth-order valence-electron chi connectivity index (χ4n) is 3.44. The van der Waals surface area contributed by atoms with Crippen molar-refractivity contribution in [3.63, 3.8) is 0 Å². The lowest BCUT2D eigenvalue weighted by Crippen LogP contribution is -2.49. The molecule has 1 fully saturated rings. The van der Waals surface area contributed by atoms with E-state index >= 15 is 0 Å². The van der Waals surface area contributed by atoms with Gasteiger partial charge in [-0.05, 0) is 30.3 Å². The third kappa shape index (κ3) is 3.38. The number of benzene rings is 2. The number of nitrogens with zero attached hydrogens (tertiary/aromatic N) is 4. The van der Waals surface area contributed by atoms with Crippen molar-refractivity contribution in [2.45, 2.75) is 0 Å². The maximum atomic E-state index is 13.0. The Balaban J connectivity index is 1.48. The van der Waals surface area contributed by atoms with Crippen LogP contribution in [0.25, 0.3) is 5.69 Å². The molecule has 0 aliphatic carbocycles. The number of anilines is 1. The normalized spacial score (nSPS) is 14.3. The van der Waals surface area contributed by atoms with Crippen LogP contribution >= 0.6 is 0 Å². The molecule has 0 unspecified atom stereocenters. The number of ether oxygens (including phenoxy) is 1. The van der Waals surface area contributed by atoms with E-state index in [0.717, 1.165) is 30.2 Å². The maximum Gasteiger partial charge on any atom is 0.272 e. The number of piperazine rings is 1. The highest BCUT2D eigenvalue weighted by Gasteiger charge is 2.25. The average molecular weight is 362 g/mol. The molecule has 1 aliphatic rings. The van der Waals surface area contributed by atoms with Crippen LogP contribution in [0.3, 0.4) is 0 Å². The van der Waals surface area contributed by atoms with Crippen LogP contribution in [-0.2, 0) is 0 Å². The van der Waals surface area contributed by atoms with E-state index in [9.17, 15) is 4.79 Å². The Bertz CT molecular complexity index is 915. The van der Waals surface area contributed by atoms with Crippen LogP contribution in [0.15, 0.2) is 66.9 Å². The number of methoxy groups -OCH3 is 1. The molecule has 0 bridgehead atoms. The Hall–Kier alpha value is -3.28. The van der Waals surface area contributed by atoms with E-state index in [1.54, 1.807) is 24.1 Å². The fraction of sp³-hybridized carbons (Fsp3) is 0.238. The molecule has 0 radical (unpaired) electrons. The topological polar surface area (TPSA) is 50.6 Å². The van der Waals surface area contributed by atoms with Crippen molar-refractivity contribution >= 4 is 11.6 Å². The van der Waals surface area contributed by atoms with Crippen LogP contribution in [0.4, 0.5) is 5.69 Å². The third-order valence-corrected chi connectivity index (χ3v) is 4.86. The molecule has 1 amide bonds. The van der Waals surface area contributed by atoms with Crippen LogP contribution in [-0.4, -0.2) is 53.9 Å². The van der Waals surface area contributed by atoms with Gasteiger partial charge in [-0.2, -0.15) is 5.10 Å². The average Bonchev–Trinajstić information content (AvgIpc) is 3.24. The van der Waals surface area contributed by atoms with Crippen molar-refractivity contribution in [3.05, 3.63) is 72.6 Å². The van der Waals surface area contributed by atoms with E-state index in [1.165, 1.54) is 0 Å². The zero-order valence-corrected chi connectivity index (χ0v) is 15.3. The van der Waals surface area contributed by atoms with Crippen LogP contribution in [0.1, 0.15) is 10.5 Å². The summed E-state index contributed by atoms with van der Waals surface area (Å²) < 4.78 is 7.17. The smallest absolute Gasteiger partial charge is 0.272 e. The van der Waals surface area contributed by atoms with Gasteiger partial charge in [0, 0.05) is 26.2 Å². The van der Waals surface area contributed by atoms with E-state index in [-0.39, 0.29) is 5.91 Å². The number of carbonyl (C=O) groups is 1. The lowest BCUT2D eigenvalue weighted by atomic mass is 10.2. The highest BCUT2D eigenvalue weighted by molar-refractivity contribution is 5.93. The predicted molar refractivity (Wildman–Crippen MR) is 105 cm³/mol. The maximum absolute atomic E-state index is 13.0. The molecular formula is C21H22N4O2. The molecule has 1 aromatic heterocycles. The molecule has 0 saturated carbocycles. The predicted octanol–water partition coefficient (Wildman–Crippen LogP) is 2.84. The minimum Gasteiger partial charge on any atom is -0.495 e. The summed E-state index contributed by atoms with van der Waals surface area (Å²) in [6.07, 6.45) is 1.67. The summed E-state index contributed by atoms with van der Waals surface area (Å²) in [4.78, 5) is 17.2. The molecule has 2 aromatic carbocycles. The van der Waals surface area contributed by atoms with Gasteiger partial charge in [0.2, 0.25) is 0 Å². The molecule has 6 nitrogen and oxygen atoms in total. The number of hydrogen-bond acceptors (Lipinski definition) is 4. The number of carbonyl (C=O) groups excluding carboxylic acids is 1. The fourth-order valence-corrected chi connectivity index (χ4v) is 3.44. The van der Waals surface area contributed by atoms with Gasteiger partial charge in [-0.15, -0.1) is 0 Å². The van der Waals surface area contributed by atoms with E-state index in [2.05, 4.69) is 16.1 Å². The minimum absolute atomic E-state index is 0.0102. The third-order valence-electron chi connectivity index (χ3n) is 4.86. The second-order valence-corrected chi connectivity index (χ2v) is 6.41. The Labute approximate surface area is 158 Å². The molecule has 0 N–H and O–H groups in total. The van der Waals surface area contributed by atoms with Crippen LogP contribution in [0.2, 0.25) is 0 Å². The zero-order chi connectivity index (χ0) is 18.6. The Morgan fingerprint density at radius 3 is 2.37 bits per heavy atom. The SMILES string of the molecule is COc1ccccc1N1CCN(C(=O)c2ccnn2-c2ccccc2)CC1. The largest absolute Gasteiger partial charge is 0.495 e. The molecule has 1 aliphatic heterocycles. The van der Waals surface area contributed by atoms with Gasteiger partial charge in [0.1, 0.15) is 11.4 Å². The van der Waals surface area contributed by atoms with Gasteiger partial charge in [0.25, 0.3) is 5.91 Å². The van der Waals surface area contributed by atoms with Crippen LogP contribution in [0.5, 0.6) is 5.75 Å². The lowest BCUT2D eigenvalue weighted by Gasteiger charge is -2.36. The summed E-state index contributed by atoms with van der Waals surface area (Å²) in [5.74, 6) is 0.871. The first kappa shape index (κ1) is 17.1. The summed E-state index contributed by atoms with van der Waals surface area (Å²) in [5.41, 5.74) is 2.55. The molecule has 0 atom stereocenters. The number of para-hydroxylation sites is 3. The van der Waals surface area contributed by atoms with Crippen molar-refractivity contribution < 1.29 is 9.53 Å². The van der Waals surface area contributed by atoms with Crippen molar-refractivity contribution in [2.75, 3.05) is 38.2 Å². The number of amides is 1. The first-order valence-electron chi connectivity index (χ1n) is 9.04. The second kappa shape index (κ2) is 7.53. The minimum atomic E-state index is 0.0102. The van der Waals surface area contributed by atoms with Crippen molar-refractivity contribution in [1.29, 1.82) is 0 Å². The zero-order valence-electron chi connectivity index (χ0n) is 15.3. The molecule has 1 saturated heterocycles. The molecule has 2 heterocycles. The van der Waals surface area contributed by atoms with E-state index in [1.807, 2.05) is 53.4 Å². The second-order valence-electron chi connectivity index (χ2n) is 6.41. The summed E-state index contributed by atoms with van der Waals surface area (Å²) in [5, 5.41) is 4.33. The van der Waals surface area contributed by atoms with Gasteiger partial charge >= 0.3 is 0 Å². The summed E-state index contributed by atoms with van der Waals surface area (Å²) in [6.45, 7) is 2.87. The number of rotatable bonds is 4. The van der Waals surface area contributed by atoms with E-state index in [4.69, 9.17) is 4.74 Å². The van der Waals surface area contributed by atoms with Gasteiger partial charge in [-0.25, -0.2) is 4.68 Å². The molecule has 3 aromatic rings. The Morgan fingerprint density at radius 1 is 0.926 bits per heavy atom. The van der Waals surface area contributed by atoms with Crippen molar-refractivity contribution in [1.82, 2.24) is 14.7 Å². The van der Waals surface area contributed by atoms with Crippen molar-refractivity contribution in [2.24, 2.45) is 0 Å². The molecule has 4 rings (SSSR count). The monoisotopic (exact) mass is 362 g/mol. The first-order chi connectivity index (χ1) is 13.3. The molecular weight excluding hydrogens is 340 g/mol. The molecule has 6 heteroatoms. The lowest BCUT2D eigenvalue weighted by molar-refractivity contribution is 0.0737.